The van der Waals surface area contributed by atoms with E-state index < -0.39 is 43.3 Å². The zero-order chi connectivity index (χ0) is 24.7. The molecule has 0 aliphatic carbocycles. The average Bonchev–Trinajstić information content (AvgIpc) is 2.99. The number of carbonyl (C=O) groups excluding carboxylic acids is 1. The molecule has 1 atom stereocenters. The largest absolute Gasteiger partial charge is 0.491 e. The Morgan fingerprint density at radius 3 is 2.30 bits per heavy atom. The number of nitrogens with zero attached hydrogens (tertiary/aromatic N) is 1. The van der Waals surface area contributed by atoms with Gasteiger partial charge in [-0.1, -0.05) is 37.3 Å². The van der Waals surface area contributed by atoms with Gasteiger partial charge in [0.25, 0.3) is 5.91 Å². The number of carboxylic acids is 1. The molecular weight excluding hydrogens is 468 g/mol. The molecule has 0 radical (unpaired) electrons. The molecule has 2 aromatic carbocycles. The second kappa shape index (κ2) is 9.27. The number of carboxylic acid groups (broad SMARTS) is 1. The van der Waals surface area contributed by atoms with Crippen molar-refractivity contribution in [1.82, 2.24) is 4.57 Å². The summed E-state index contributed by atoms with van der Waals surface area (Å²) >= 11 is 5.92. The summed E-state index contributed by atoms with van der Waals surface area (Å²) in [6, 6.07) is 7.78. The highest BCUT2D eigenvalue weighted by atomic mass is 35.5. The van der Waals surface area contributed by atoms with Gasteiger partial charge in [-0.2, -0.15) is 0 Å². The molecule has 3 rings (SSSR count). The number of ether oxygens (including phenoxy) is 1. The van der Waals surface area contributed by atoms with Gasteiger partial charge < -0.3 is 9.84 Å². The summed E-state index contributed by atoms with van der Waals surface area (Å²) < 4.78 is 36.2. The maximum Gasteiger partial charge on any atom is 0.311 e. The quantitative estimate of drug-likeness (QED) is 0.383. The molecule has 5 nitrogen and oxygen atoms in total. The van der Waals surface area contributed by atoms with Crippen molar-refractivity contribution in [2.24, 2.45) is 0 Å². The topological polar surface area (TPSA) is 68.5 Å². The predicted octanol–water partition coefficient (Wildman–Crippen LogP) is 6.47. The standard InChI is InChI=1S/C24H26ClF2NO4Si/c1-13-19(16(24(30)31)10-11-33(3,4)5)20-18(12-17(26)22(32-2)21(20)27)28(13)23(29)14-6-8-15(25)9-7-14/h6-9,12,16H,10-11H2,1-5H3,(H,30,31). The molecular formula is C24H26ClF2NO4Si. The minimum absolute atomic E-state index is 0.0440. The Morgan fingerprint density at radius 1 is 1.18 bits per heavy atom. The van der Waals surface area contributed by atoms with Crippen LogP contribution >= 0.6 is 11.6 Å². The fourth-order valence-corrected chi connectivity index (χ4v) is 5.35. The summed E-state index contributed by atoms with van der Waals surface area (Å²) in [6.07, 6.45) is 0.277. The summed E-state index contributed by atoms with van der Waals surface area (Å²) in [5.41, 5.74) is 0.613. The van der Waals surface area contributed by atoms with Crippen molar-refractivity contribution in [2.75, 3.05) is 7.11 Å². The minimum Gasteiger partial charge on any atom is -0.491 e. The first kappa shape index (κ1) is 24.9. The smallest absolute Gasteiger partial charge is 0.311 e. The van der Waals surface area contributed by atoms with Crippen molar-refractivity contribution in [2.45, 2.75) is 44.9 Å². The maximum absolute atomic E-state index is 15.5. The zero-order valence-corrected chi connectivity index (χ0v) is 20.9. The van der Waals surface area contributed by atoms with Crippen LogP contribution < -0.4 is 4.74 Å². The first-order valence-corrected chi connectivity index (χ1v) is 14.6. The average molecular weight is 494 g/mol. The molecule has 1 unspecified atom stereocenters. The zero-order valence-electron chi connectivity index (χ0n) is 19.1. The molecule has 0 aliphatic heterocycles. The second-order valence-corrected chi connectivity index (χ2v) is 15.3. The van der Waals surface area contributed by atoms with Gasteiger partial charge >= 0.3 is 5.97 Å². The Bertz CT molecular complexity index is 1230. The van der Waals surface area contributed by atoms with E-state index in [4.69, 9.17) is 16.3 Å². The summed E-state index contributed by atoms with van der Waals surface area (Å²) in [4.78, 5) is 25.7. The van der Waals surface area contributed by atoms with Gasteiger partial charge in [-0.25, -0.2) is 8.78 Å². The third-order valence-electron chi connectivity index (χ3n) is 5.72. The molecule has 1 N–H and O–H groups in total. The van der Waals surface area contributed by atoms with Gasteiger partial charge in [0.05, 0.1) is 18.5 Å². The van der Waals surface area contributed by atoms with Gasteiger partial charge in [-0.15, -0.1) is 0 Å². The van der Waals surface area contributed by atoms with Gasteiger partial charge in [0.1, 0.15) is 0 Å². The molecule has 33 heavy (non-hydrogen) atoms. The van der Waals surface area contributed by atoms with Crippen molar-refractivity contribution in [3.8, 4) is 5.75 Å². The number of aromatic nitrogens is 1. The number of hydrogen-bond acceptors (Lipinski definition) is 3. The van der Waals surface area contributed by atoms with E-state index in [1.807, 2.05) is 0 Å². The third-order valence-corrected chi connectivity index (χ3v) is 7.76. The number of hydrogen-bond donors (Lipinski definition) is 1. The Morgan fingerprint density at radius 2 is 1.79 bits per heavy atom. The number of halogens is 3. The van der Waals surface area contributed by atoms with Crippen LogP contribution in [0.1, 0.15) is 34.0 Å². The van der Waals surface area contributed by atoms with Crippen molar-refractivity contribution in [3.63, 3.8) is 0 Å². The van der Waals surface area contributed by atoms with Crippen LogP contribution in [0.3, 0.4) is 0 Å². The van der Waals surface area contributed by atoms with Crippen molar-refractivity contribution in [1.29, 1.82) is 0 Å². The Labute approximate surface area is 196 Å². The summed E-state index contributed by atoms with van der Waals surface area (Å²) in [5.74, 6) is -5.36. The Kier molecular flexibility index (Phi) is 7.00. The van der Waals surface area contributed by atoms with Crippen LogP contribution in [0.15, 0.2) is 30.3 Å². The molecule has 0 aliphatic rings. The third kappa shape index (κ3) is 4.82. The number of methoxy groups -OCH3 is 1. The molecule has 3 aromatic rings. The Balaban J connectivity index is 2.35. The van der Waals surface area contributed by atoms with E-state index in [-0.39, 0.29) is 34.1 Å². The van der Waals surface area contributed by atoms with Crippen LogP contribution in [0.4, 0.5) is 8.78 Å². The van der Waals surface area contributed by atoms with Gasteiger partial charge in [0.15, 0.2) is 17.4 Å². The van der Waals surface area contributed by atoms with Crippen molar-refractivity contribution < 1.29 is 28.2 Å². The normalized spacial score (nSPS) is 12.7. The number of rotatable bonds is 7. The highest BCUT2D eigenvalue weighted by molar-refractivity contribution is 6.76. The van der Waals surface area contributed by atoms with E-state index >= 15 is 4.39 Å². The lowest BCUT2D eigenvalue weighted by atomic mass is 9.93. The number of carbonyl (C=O) groups is 2. The van der Waals surface area contributed by atoms with Gasteiger partial charge in [-0.3, -0.25) is 14.2 Å². The van der Waals surface area contributed by atoms with Gasteiger partial charge in [0.2, 0.25) is 0 Å². The van der Waals surface area contributed by atoms with Crippen LogP contribution in [0.5, 0.6) is 5.75 Å². The molecule has 176 valence electrons. The molecule has 0 saturated heterocycles. The SMILES string of the molecule is COc1c(F)cc2c(c1F)c(C(CC[Si](C)(C)C)C(=O)O)c(C)n2C(=O)c1ccc(Cl)cc1. The van der Waals surface area contributed by atoms with E-state index in [1.165, 1.54) is 28.8 Å². The van der Waals surface area contributed by atoms with Crippen LogP contribution in [0.25, 0.3) is 10.9 Å². The first-order valence-electron chi connectivity index (χ1n) is 10.5. The molecule has 0 bridgehead atoms. The molecule has 0 amide bonds. The molecule has 0 fully saturated rings. The number of aliphatic carboxylic acids is 1. The minimum atomic E-state index is -1.63. The highest BCUT2D eigenvalue weighted by Crippen LogP contribution is 2.41. The molecule has 0 saturated carbocycles. The lowest BCUT2D eigenvalue weighted by Crippen LogP contribution is -2.23. The molecule has 0 spiro atoms. The fraction of sp³-hybridized carbons (Fsp3) is 0.333. The Hall–Kier alpha value is -2.71. The van der Waals surface area contributed by atoms with Crippen LogP contribution in [0.2, 0.25) is 30.7 Å². The van der Waals surface area contributed by atoms with Crippen LogP contribution in [-0.2, 0) is 4.79 Å². The van der Waals surface area contributed by atoms with Gasteiger partial charge in [0, 0.05) is 35.8 Å². The summed E-state index contributed by atoms with van der Waals surface area (Å²) in [7, 11) is -0.491. The molecule has 1 heterocycles. The van der Waals surface area contributed by atoms with Crippen LogP contribution in [-0.4, -0.2) is 36.7 Å². The fourth-order valence-electron chi connectivity index (χ4n) is 4.07. The van der Waals surface area contributed by atoms with E-state index in [9.17, 15) is 19.1 Å². The first-order chi connectivity index (χ1) is 15.4. The van der Waals surface area contributed by atoms with Crippen molar-refractivity contribution >= 4 is 42.5 Å². The highest BCUT2D eigenvalue weighted by Gasteiger charge is 2.34. The number of fused-ring (bicyclic) bond motifs is 1. The maximum atomic E-state index is 15.5. The van der Waals surface area contributed by atoms with Gasteiger partial charge in [-0.05, 0) is 43.2 Å². The summed E-state index contributed by atoms with van der Waals surface area (Å²) in [6.45, 7) is 7.90. The van der Waals surface area contributed by atoms with E-state index in [0.29, 0.717) is 11.1 Å². The monoisotopic (exact) mass is 493 g/mol. The second-order valence-electron chi connectivity index (χ2n) is 9.24. The lowest BCUT2D eigenvalue weighted by Gasteiger charge is -2.20. The predicted molar refractivity (Wildman–Crippen MR) is 127 cm³/mol. The van der Waals surface area contributed by atoms with Crippen molar-refractivity contribution in [3.05, 3.63) is 63.8 Å². The van der Waals surface area contributed by atoms with E-state index in [1.54, 1.807) is 6.92 Å². The summed E-state index contributed by atoms with van der Waals surface area (Å²) in [5, 5.41) is 10.4. The molecule has 9 heteroatoms. The number of benzene rings is 2. The lowest BCUT2D eigenvalue weighted by molar-refractivity contribution is -0.138. The van der Waals surface area contributed by atoms with E-state index in [2.05, 4.69) is 19.6 Å². The molecule has 1 aromatic heterocycles. The van der Waals surface area contributed by atoms with E-state index in [0.717, 1.165) is 13.2 Å². The van der Waals surface area contributed by atoms with Crippen LogP contribution in [0, 0.1) is 18.6 Å².